The highest BCUT2D eigenvalue weighted by molar-refractivity contribution is 5.95. The molecule has 1 aromatic carbocycles. The SMILES string of the molecule is Cc1c(C(N)=O)ccc(-n2nc(C(C)C)c3c(-n4cnc(-c5cnn(C)c5)c4)ccnc32)c1C. The summed E-state index contributed by atoms with van der Waals surface area (Å²) in [5, 5.41) is 10.2. The first-order valence-electron chi connectivity index (χ1n) is 11.1. The van der Waals surface area contributed by atoms with Gasteiger partial charge in [-0.05, 0) is 49.1 Å². The van der Waals surface area contributed by atoms with Gasteiger partial charge in [0.15, 0.2) is 5.65 Å². The van der Waals surface area contributed by atoms with Crippen LogP contribution in [0.1, 0.15) is 46.9 Å². The van der Waals surface area contributed by atoms with Gasteiger partial charge in [0, 0.05) is 36.8 Å². The van der Waals surface area contributed by atoms with Crippen LogP contribution in [-0.4, -0.2) is 40.0 Å². The van der Waals surface area contributed by atoms with Crippen molar-refractivity contribution in [3.63, 3.8) is 0 Å². The Hall–Kier alpha value is -4.27. The zero-order chi connectivity index (χ0) is 24.1. The van der Waals surface area contributed by atoms with Crippen LogP contribution in [0.3, 0.4) is 0 Å². The number of carbonyl (C=O) groups excluding carboxylic acids is 1. The molecule has 0 spiro atoms. The second-order valence-electron chi connectivity index (χ2n) is 8.80. The lowest BCUT2D eigenvalue weighted by molar-refractivity contribution is 0.0999. The summed E-state index contributed by atoms with van der Waals surface area (Å²) in [7, 11) is 1.88. The highest BCUT2D eigenvalue weighted by Gasteiger charge is 2.22. The number of rotatable bonds is 5. The van der Waals surface area contributed by atoms with E-state index in [1.54, 1.807) is 29.5 Å². The van der Waals surface area contributed by atoms with Crippen LogP contribution in [-0.2, 0) is 7.05 Å². The van der Waals surface area contributed by atoms with Crippen LogP contribution in [0.2, 0.25) is 0 Å². The quantitative estimate of drug-likeness (QED) is 0.434. The maximum absolute atomic E-state index is 11.8. The van der Waals surface area contributed by atoms with Crippen LogP contribution >= 0.6 is 0 Å². The number of nitrogens with two attached hydrogens (primary N) is 1. The van der Waals surface area contributed by atoms with Crippen molar-refractivity contribution < 1.29 is 4.79 Å². The lowest BCUT2D eigenvalue weighted by Crippen LogP contribution is -2.14. The summed E-state index contributed by atoms with van der Waals surface area (Å²) in [4.78, 5) is 21.1. The van der Waals surface area contributed by atoms with Gasteiger partial charge in [-0.3, -0.25) is 9.48 Å². The van der Waals surface area contributed by atoms with E-state index in [-0.39, 0.29) is 5.92 Å². The lowest BCUT2D eigenvalue weighted by Gasteiger charge is -2.12. The summed E-state index contributed by atoms with van der Waals surface area (Å²) >= 11 is 0. The van der Waals surface area contributed by atoms with Gasteiger partial charge in [0.25, 0.3) is 0 Å². The third-order valence-corrected chi connectivity index (χ3v) is 6.23. The second kappa shape index (κ2) is 7.95. The van der Waals surface area contributed by atoms with E-state index < -0.39 is 5.91 Å². The Kier molecular flexibility index (Phi) is 5.04. The molecule has 34 heavy (non-hydrogen) atoms. The molecule has 0 bridgehead atoms. The molecule has 0 aliphatic heterocycles. The van der Waals surface area contributed by atoms with E-state index in [4.69, 9.17) is 15.8 Å². The van der Waals surface area contributed by atoms with E-state index in [1.165, 1.54) is 0 Å². The molecular formula is C25H26N8O. The summed E-state index contributed by atoms with van der Waals surface area (Å²) in [6, 6.07) is 5.61. The number of aromatic nitrogens is 7. The molecule has 5 aromatic rings. The Morgan fingerprint density at radius 3 is 2.50 bits per heavy atom. The van der Waals surface area contributed by atoms with Gasteiger partial charge < -0.3 is 10.3 Å². The van der Waals surface area contributed by atoms with Crippen molar-refractivity contribution in [1.29, 1.82) is 0 Å². The second-order valence-corrected chi connectivity index (χ2v) is 8.80. The third-order valence-electron chi connectivity index (χ3n) is 6.23. The molecule has 4 aromatic heterocycles. The van der Waals surface area contributed by atoms with Gasteiger partial charge in [-0.2, -0.15) is 10.2 Å². The van der Waals surface area contributed by atoms with E-state index in [2.05, 4.69) is 23.9 Å². The Balaban J connectivity index is 1.72. The van der Waals surface area contributed by atoms with E-state index >= 15 is 0 Å². The van der Waals surface area contributed by atoms with Crippen LogP contribution < -0.4 is 5.73 Å². The molecule has 172 valence electrons. The number of hydrogen-bond acceptors (Lipinski definition) is 5. The number of benzene rings is 1. The molecule has 5 rings (SSSR count). The molecule has 0 saturated carbocycles. The summed E-state index contributed by atoms with van der Waals surface area (Å²) in [6.45, 7) is 8.11. The van der Waals surface area contributed by atoms with Crippen LogP contribution in [0, 0.1) is 13.8 Å². The Bertz CT molecular complexity index is 1550. The van der Waals surface area contributed by atoms with Crippen molar-refractivity contribution in [1.82, 2.24) is 34.1 Å². The minimum atomic E-state index is -0.440. The highest BCUT2D eigenvalue weighted by Crippen LogP contribution is 2.33. The molecular weight excluding hydrogens is 428 g/mol. The Morgan fingerprint density at radius 2 is 1.82 bits per heavy atom. The molecule has 0 aliphatic rings. The smallest absolute Gasteiger partial charge is 0.248 e. The van der Waals surface area contributed by atoms with E-state index in [0.29, 0.717) is 5.56 Å². The average Bonchev–Trinajstić information content (AvgIpc) is 3.53. The van der Waals surface area contributed by atoms with Crippen molar-refractivity contribution in [2.75, 3.05) is 0 Å². The first-order valence-corrected chi connectivity index (χ1v) is 11.1. The summed E-state index contributed by atoms with van der Waals surface area (Å²) in [5.74, 6) is -0.274. The highest BCUT2D eigenvalue weighted by atomic mass is 16.1. The fourth-order valence-electron chi connectivity index (χ4n) is 4.30. The summed E-state index contributed by atoms with van der Waals surface area (Å²) < 4.78 is 5.62. The minimum absolute atomic E-state index is 0.166. The molecule has 0 aliphatic carbocycles. The monoisotopic (exact) mass is 454 g/mol. The number of fused-ring (bicyclic) bond motifs is 1. The fourth-order valence-corrected chi connectivity index (χ4v) is 4.30. The number of carbonyl (C=O) groups is 1. The van der Waals surface area contributed by atoms with Crippen molar-refractivity contribution in [2.45, 2.75) is 33.6 Å². The van der Waals surface area contributed by atoms with Crippen molar-refractivity contribution in [3.8, 4) is 22.6 Å². The fraction of sp³-hybridized carbons (Fsp3) is 0.240. The first kappa shape index (κ1) is 21.6. The molecule has 0 radical (unpaired) electrons. The molecule has 0 saturated heterocycles. The standard InChI is InChI=1S/C25H26N8O/c1-14(2)23-22-21(32-12-19(28-13-32)17-10-29-31(5)11-17)8-9-27-25(22)33(30-23)20-7-6-18(24(26)34)15(3)16(20)4/h6-14H,1-5H3,(H2,26,34). The van der Waals surface area contributed by atoms with Gasteiger partial charge >= 0.3 is 0 Å². The number of imidazole rings is 1. The van der Waals surface area contributed by atoms with Gasteiger partial charge in [-0.25, -0.2) is 14.6 Å². The van der Waals surface area contributed by atoms with Gasteiger partial charge in [0.05, 0.1) is 40.7 Å². The van der Waals surface area contributed by atoms with Crippen LogP contribution in [0.15, 0.2) is 49.3 Å². The van der Waals surface area contributed by atoms with Crippen LogP contribution in [0.25, 0.3) is 33.7 Å². The molecule has 0 fully saturated rings. The Labute approximate surface area is 196 Å². The third kappa shape index (κ3) is 3.37. The number of hydrogen-bond donors (Lipinski definition) is 1. The van der Waals surface area contributed by atoms with E-state index in [1.807, 2.05) is 54.7 Å². The number of aryl methyl sites for hydroxylation is 1. The van der Waals surface area contributed by atoms with E-state index in [9.17, 15) is 4.79 Å². The maximum Gasteiger partial charge on any atom is 0.248 e. The normalized spacial score (nSPS) is 11.6. The van der Waals surface area contributed by atoms with Crippen molar-refractivity contribution in [2.24, 2.45) is 12.8 Å². The average molecular weight is 455 g/mol. The molecule has 9 heteroatoms. The molecule has 2 N–H and O–H groups in total. The topological polar surface area (TPSA) is 109 Å². The zero-order valence-corrected chi connectivity index (χ0v) is 19.8. The molecule has 4 heterocycles. The van der Waals surface area contributed by atoms with Crippen LogP contribution in [0.5, 0.6) is 0 Å². The molecule has 0 atom stereocenters. The molecule has 0 unspecified atom stereocenters. The molecule has 1 amide bonds. The maximum atomic E-state index is 11.8. The van der Waals surface area contributed by atoms with Crippen molar-refractivity contribution >= 4 is 16.9 Å². The van der Waals surface area contributed by atoms with Crippen molar-refractivity contribution in [3.05, 3.63) is 71.7 Å². The van der Waals surface area contributed by atoms with Gasteiger partial charge in [-0.1, -0.05) is 13.8 Å². The lowest BCUT2D eigenvalue weighted by atomic mass is 10.0. The molecule has 9 nitrogen and oxygen atoms in total. The Morgan fingerprint density at radius 1 is 1.03 bits per heavy atom. The number of amides is 1. The largest absolute Gasteiger partial charge is 0.366 e. The first-order chi connectivity index (χ1) is 16.3. The van der Waals surface area contributed by atoms with Crippen LogP contribution in [0.4, 0.5) is 0 Å². The number of pyridine rings is 1. The van der Waals surface area contributed by atoms with E-state index in [0.717, 1.165) is 50.5 Å². The van der Waals surface area contributed by atoms with Gasteiger partial charge in [0.2, 0.25) is 5.91 Å². The zero-order valence-electron chi connectivity index (χ0n) is 19.8. The predicted octanol–water partition coefficient (Wildman–Crippen LogP) is 3.85. The number of nitrogens with zero attached hydrogens (tertiary/aromatic N) is 7. The number of primary amides is 1. The minimum Gasteiger partial charge on any atom is -0.366 e. The summed E-state index contributed by atoms with van der Waals surface area (Å²) in [6.07, 6.45) is 9.31. The van der Waals surface area contributed by atoms with Gasteiger partial charge in [0.1, 0.15) is 0 Å². The van der Waals surface area contributed by atoms with Gasteiger partial charge in [-0.15, -0.1) is 0 Å². The summed E-state index contributed by atoms with van der Waals surface area (Å²) in [5.41, 5.74) is 13.1. The predicted molar refractivity (Wildman–Crippen MR) is 130 cm³/mol.